The van der Waals surface area contributed by atoms with Crippen molar-refractivity contribution in [3.63, 3.8) is 0 Å². The Bertz CT molecular complexity index is 153. The van der Waals surface area contributed by atoms with Crippen molar-refractivity contribution in [1.82, 2.24) is 5.32 Å². The van der Waals surface area contributed by atoms with Crippen molar-refractivity contribution in [3.05, 3.63) is 0 Å². The van der Waals surface area contributed by atoms with Crippen molar-refractivity contribution < 1.29 is 5.11 Å². The molecule has 0 aliphatic heterocycles. The number of hydrogen-bond donors (Lipinski definition) is 2. The Labute approximate surface area is 94.5 Å². The fourth-order valence-electron chi connectivity index (χ4n) is 2.51. The summed E-state index contributed by atoms with van der Waals surface area (Å²) in [6.07, 6.45) is 7.54. The van der Waals surface area contributed by atoms with E-state index in [0.29, 0.717) is 18.6 Å². The van der Waals surface area contributed by atoms with Gasteiger partial charge in [-0.05, 0) is 50.5 Å². The summed E-state index contributed by atoms with van der Waals surface area (Å²) < 4.78 is 0. The third kappa shape index (κ3) is 4.98. The minimum absolute atomic E-state index is 0.388. The van der Waals surface area contributed by atoms with E-state index in [1.807, 2.05) is 0 Å². The lowest BCUT2D eigenvalue weighted by molar-refractivity contribution is 0.174. The number of aliphatic hydroxyl groups is 1. The number of aliphatic hydroxyl groups excluding tert-OH is 1. The van der Waals surface area contributed by atoms with Crippen LogP contribution in [-0.2, 0) is 0 Å². The highest BCUT2D eigenvalue weighted by molar-refractivity contribution is 4.77. The van der Waals surface area contributed by atoms with Gasteiger partial charge in [0, 0.05) is 12.6 Å². The molecule has 1 fully saturated rings. The van der Waals surface area contributed by atoms with E-state index in [1.54, 1.807) is 0 Å². The average molecular weight is 213 g/mol. The topological polar surface area (TPSA) is 32.3 Å². The van der Waals surface area contributed by atoms with Crippen LogP contribution in [0.3, 0.4) is 0 Å². The molecule has 1 atom stereocenters. The lowest BCUT2D eigenvalue weighted by Gasteiger charge is -2.29. The first-order chi connectivity index (χ1) is 7.26. The monoisotopic (exact) mass is 213 g/mol. The molecule has 0 heterocycles. The standard InChI is InChI=1S/C13H27NO/c1-3-4-11(2)9-14-13-7-5-12(10-15)6-8-13/h11-15H,3-10H2,1-2H3. The summed E-state index contributed by atoms with van der Waals surface area (Å²) in [5.74, 6) is 1.39. The highest BCUT2D eigenvalue weighted by Gasteiger charge is 2.20. The van der Waals surface area contributed by atoms with Crippen LogP contribution in [0.25, 0.3) is 0 Å². The first-order valence-corrected chi connectivity index (χ1v) is 6.60. The second-order valence-electron chi connectivity index (χ2n) is 5.20. The molecule has 1 rings (SSSR count). The van der Waals surface area contributed by atoms with E-state index >= 15 is 0 Å². The average Bonchev–Trinajstić information content (AvgIpc) is 2.27. The van der Waals surface area contributed by atoms with Crippen molar-refractivity contribution in [2.45, 2.75) is 58.4 Å². The molecular weight excluding hydrogens is 186 g/mol. The van der Waals surface area contributed by atoms with Gasteiger partial charge in [-0.25, -0.2) is 0 Å². The van der Waals surface area contributed by atoms with E-state index in [-0.39, 0.29) is 0 Å². The Morgan fingerprint density at radius 2 is 1.93 bits per heavy atom. The molecule has 0 aromatic rings. The van der Waals surface area contributed by atoms with Crippen LogP contribution in [0.5, 0.6) is 0 Å². The normalized spacial score (nSPS) is 29.0. The highest BCUT2D eigenvalue weighted by Crippen LogP contribution is 2.23. The Balaban J connectivity index is 2.08. The summed E-state index contributed by atoms with van der Waals surface area (Å²) in [6, 6.07) is 0.715. The van der Waals surface area contributed by atoms with Crippen molar-refractivity contribution in [2.75, 3.05) is 13.2 Å². The number of nitrogens with one attached hydrogen (secondary N) is 1. The molecule has 1 unspecified atom stereocenters. The molecule has 0 spiro atoms. The van der Waals surface area contributed by atoms with E-state index in [0.717, 1.165) is 5.92 Å². The molecule has 15 heavy (non-hydrogen) atoms. The van der Waals surface area contributed by atoms with Crippen LogP contribution in [0, 0.1) is 11.8 Å². The molecule has 0 aromatic carbocycles. The summed E-state index contributed by atoms with van der Waals surface area (Å²) >= 11 is 0. The Morgan fingerprint density at radius 3 is 2.47 bits per heavy atom. The van der Waals surface area contributed by atoms with Crippen LogP contribution < -0.4 is 5.32 Å². The van der Waals surface area contributed by atoms with E-state index in [2.05, 4.69) is 19.2 Å². The maximum atomic E-state index is 9.04. The summed E-state index contributed by atoms with van der Waals surface area (Å²) in [4.78, 5) is 0. The van der Waals surface area contributed by atoms with Crippen molar-refractivity contribution in [2.24, 2.45) is 11.8 Å². The summed E-state index contributed by atoms with van der Waals surface area (Å²) in [5, 5.41) is 12.7. The second-order valence-corrected chi connectivity index (χ2v) is 5.20. The molecule has 0 saturated heterocycles. The lowest BCUT2D eigenvalue weighted by atomic mass is 9.86. The minimum Gasteiger partial charge on any atom is -0.396 e. The first kappa shape index (κ1) is 13.0. The third-order valence-corrected chi connectivity index (χ3v) is 3.64. The van der Waals surface area contributed by atoms with Crippen molar-refractivity contribution >= 4 is 0 Å². The molecule has 0 aromatic heterocycles. The van der Waals surface area contributed by atoms with Crippen molar-refractivity contribution in [1.29, 1.82) is 0 Å². The van der Waals surface area contributed by atoms with Crippen LogP contribution in [0.15, 0.2) is 0 Å². The van der Waals surface area contributed by atoms with Crippen LogP contribution in [0.4, 0.5) is 0 Å². The molecule has 0 amide bonds. The zero-order chi connectivity index (χ0) is 11.1. The Morgan fingerprint density at radius 1 is 1.27 bits per heavy atom. The molecule has 2 N–H and O–H groups in total. The molecule has 0 radical (unpaired) electrons. The summed E-state index contributed by atoms with van der Waals surface area (Å²) in [7, 11) is 0. The Kier molecular flexibility index (Phi) is 6.26. The van der Waals surface area contributed by atoms with Gasteiger partial charge in [-0.1, -0.05) is 20.3 Å². The van der Waals surface area contributed by atoms with Crippen LogP contribution in [0.1, 0.15) is 52.4 Å². The fraction of sp³-hybridized carbons (Fsp3) is 1.00. The number of hydrogen-bond acceptors (Lipinski definition) is 2. The van der Waals surface area contributed by atoms with Gasteiger partial charge in [0.05, 0.1) is 0 Å². The predicted octanol–water partition coefficient (Wildman–Crippen LogP) is 2.56. The zero-order valence-electron chi connectivity index (χ0n) is 10.3. The van der Waals surface area contributed by atoms with Crippen LogP contribution in [0.2, 0.25) is 0 Å². The van der Waals surface area contributed by atoms with Gasteiger partial charge in [-0.15, -0.1) is 0 Å². The predicted molar refractivity (Wildman–Crippen MR) is 64.9 cm³/mol. The minimum atomic E-state index is 0.388. The SMILES string of the molecule is CCCC(C)CNC1CCC(CO)CC1. The largest absolute Gasteiger partial charge is 0.396 e. The van der Waals surface area contributed by atoms with Crippen molar-refractivity contribution in [3.8, 4) is 0 Å². The number of rotatable bonds is 6. The second kappa shape index (κ2) is 7.24. The van der Waals surface area contributed by atoms with Crippen LogP contribution >= 0.6 is 0 Å². The molecule has 0 bridgehead atoms. The van der Waals surface area contributed by atoms with E-state index in [9.17, 15) is 0 Å². The quantitative estimate of drug-likeness (QED) is 0.711. The van der Waals surface area contributed by atoms with E-state index in [4.69, 9.17) is 5.11 Å². The summed E-state index contributed by atoms with van der Waals surface area (Å²) in [6.45, 7) is 6.14. The zero-order valence-corrected chi connectivity index (χ0v) is 10.3. The molecular formula is C13H27NO. The smallest absolute Gasteiger partial charge is 0.0459 e. The van der Waals surface area contributed by atoms with E-state index < -0.39 is 0 Å². The first-order valence-electron chi connectivity index (χ1n) is 6.60. The molecule has 1 aliphatic rings. The molecule has 1 aliphatic carbocycles. The van der Waals surface area contributed by atoms with Gasteiger partial charge in [0.25, 0.3) is 0 Å². The molecule has 90 valence electrons. The van der Waals surface area contributed by atoms with Gasteiger partial charge in [0.2, 0.25) is 0 Å². The highest BCUT2D eigenvalue weighted by atomic mass is 16.3. The van der Waals surface area contributed by atoms with Crippen LogP contribution in [-0.4, -0.2) is 24.3 Å². The molecule has 1 saturated carbocycles. The van der Waals surface area contributed by atoms with Gasteiger partial charge in [-0.3, -0.25) is 0 Å². The van der Waals surface area contributed by atoms with Gasteiger partial charge >= 0.3 is 0 Å². The third-order valence-electron chi connectivity index (χ3n) is 3.64. The van der Waals surface area contributed by atoms with E-state index in [1.165, 1.54) is 45.1 Å². The van der Waals surface area contributed by atoms with Gasteiger partial charge in [0.1, 0.15) is 0 Å². The maximum absolute atomic E-state index is 9.04. The Hall–Kier alpha value is -0.0800. The van der Waals surface area contributed by atoms with Gasteiger partial charge in [-0.2, -0.15) is 0 Å². The summed E-state index contributed by atoms with van der Waals surface area (Å²) in [5.41, 5.74) is 0. The fourth-order valence-corrected chi connectivity index (χ4v) is 2.51. The molecule has 2 nitrogen and oxygen atoms in total. The van der Waals surface area contributed by atoms with Gasteiger partial charge < -0.3 is 10.4 Å². The molecule has 2 heteroatoms. The lowest BCUT2D eigenvalue weighted by Crippen LogP contribution is -2.36. The maximum Gasteiger partial charge on any atom is 0.0459 e. The van der Waals surface area contributed by atoms with Gasteiger partial charge in [0.15, 0.2) is 0 Å².